The molecule has 1 N–H and O–H groups in total. The average Bonchev–Trinajstić information content (AvgIpc) is 2.18. The highest BCUT2D eigenvalue weighted by molar-refractivity contribution is 5.53. The summed E-state index contributed by atoms with van der Waals surface area (Å²) < 4.78 is 5.54. The summed E-state index contributed by atoms with van der Waals surface area (Å²) in [7, 11) is 2.15. The molecule has 0 radical (unpaired) electrons. The Morgan fingerprint density at radius 1 is 1.44 bits per heavy atom. The van der Waals surface area contributed by atoms with E-state index >= 15 is 0 Å². The number of likely N-dealkylation sites (N-methyl/N-ethyl adjacent to an activating group) is 1. The number of rotatable bonds is 4. The number of nitrogens with one attached hydrogen (secondary N) is 1. The van der Waals surface area contributed by atoms with Crippen LogP contribution in [0.5, 0.6) is 5.75 Å². The quantitative estimate of drug-likeness (QED) is 0.837. The Kier molecular flexibility index (Phi) is 3.34. The molecule has 0 spiro atoms. The van der Waals surface area contributed by atoms with Gasteiger partial charge in [0.05, 0.1) is 12.6 Å². The summed E-state index contributed by atoms with van der Waals surface area (Å²) in [6, 6.07) is 7.04. The second kappa shape index (κ2) is 4.74. The molecule has 3 heteroatoms. The summed E-state index contributed by atoms with van der Waals surface area (Å²) in [5.41, 5.74) is 2.48. The number of hydrogen-bond acceptors (Lipinski definition) is 3. The van der Waals surface area contributed by atoms with Gasteiger partial charge in [0.25, 0.3) is 0 Å². The Bertz CT molecular complexity index is 361. The van der Waals surface area contributed by atoms with Gasteiger partial charge in [-0.2, -0.15) is 0 Å². The summed E-state index contributed by atoms with van der Waals surface area (Å²) in [5, 5.41) is 3.29. The number of anilines is 1. The largest absolute Gasteiger partial charge is 0.494 e. The van der Waals surface area contributed by atoms with Crippen LogP contribution in [-0.2, 0) is 0 Å². The van der Waals surface area contributed by atoms with Crippen LogP contribution in [0.3, 0.4) is 0 Å². The van der Waals surface area contributed by atoms with Crippen molar-refractivity contribution in [2.45, 2.75) is 19.9 Å². The van der Waals surface area contributed by atoms with Gasteiger partial charge in [-0.1, -0.05) is 0 Å². The summed E-state index contributed by atoms with van der Waals surface area (Å²) in [6.45, 7) is 7.01. The van der Waals surface area contributed by atoms with Crippen molar-refractivity contribution in [2.24, 2.45) is 0 Å². The van der Waals surface area contributed by atoms with Crippen LogP contribution in [-0.4, -0.2) is 32.8 Å². The standard InChI is InChI=1S/C13H20N2O/c1-4-16-13-6-5-11(7-10(13)2)15(3)12-8-14-9-12/h5-7,12,14H,4,8-9H2,1-3H3. The van der Waals surface area contributed by atoms with E-state index in [0.717, 1.165) is 25.4 Å². The molecular weight excluding hydrogens is 200 g/mol. The van der Waals surface area contributed by atoms with Gasteiger partial charge in [-0.25, -0.2) is 0 Å². The van der Waals surface area contributed by atoms with Crippen LogP contribution in [0.1, 0.15) is 12.5 Å². The fourth-order valence-corrected chi connectivity index (χ4v) is 1.93. The van der Waals surface area contributed by atoms with Crippen molar-refractivity contribution in [3.8, 4) is 5.75 Å². The smallest absolute Gasteiger partial charge is 0.122 e. The van der Waals surface area contributed by atoms with Crippen molar-refractivity contribution in [1.29, 1.82) is 0 Å². The van der Waals surface area contributed by atoms with Gasteiger partial charge in [-0.3, -0.25) is 0 Å². The molecule has 16 heavy (non-hydrogen) atoms. The molecule has 1 aliphatic heterocycles. The Morgan fingerprint density at radius 3 is 2.69 bits per heavy atom. The van der Waals surface area contributed by atoms with E-state index in [1.54, 1.807) is 0 Å². The van der Waals surface area contributed by atoms with Crippen LogP contribution in [0, 0.1) is 6.92 Å². The van der Waals surface area contributed by atoms with E-state index in [1.807, 2.05) is 6.92 Å². The van der Waals surface area contributed by atoms with E-state index in [4.69, 9.17) is 4.74 Å². The van der Waals surface area contributed by atoms with Gasteiger partial charge >= 0.3 is 0 Å². The first-order valence-corrected chi connectivity index (χ1v) is 5.89. The predicted molar refractivity (Wildman–Crippen MR) is 67.4 cm³/mol. The van der Waals surface area contributed by atoms with Crippen molar-refractivity contribution in [3.63, 3.8) is 0 Å². The second-order valence-corrected chi connectivity index (χ2v) is 4.31. The van der Waals surface area contributed by atoms with E-state index in [9.17, 15) is 0 Å². The van der Waals surface area contributed by atoms with Crippen LogP contribution in [0.2, 0.25) is 0 Å². The SMILES string of the molecule is CCOc1ccc(N(C)C2CNC2)cc1C. The molecule has 0 aromatic heterocycles. The Morgan fingerprint density at radius 2 is 2.19 bits per heavy atom. The summed E-state index contributed by atoms with van der Waals surface area (Å²) in [4.78, 5) is 2.33. The lowest BCUT2D eigenvalue weighted by molar-refractivity contribution is 0.338. The summed E-state index contributed by atoms with van der Waals surface area (Å²) >= 11 is 0. The van der Waals surface area contributed by atoms with Crippen LogP contribution < -0.4 is 15.0 Å². The van der Waals surface area contributed by atoms with Crippen molar-refractivity contribution in [2.75, 3.05) is 31.6 Å². The molecule has 0 unspecified atom stereocenters. The maximum absolute atomic E-state index is 5.54. The number of benzene rings is 1. The van der Waals surface area contributed by atoms with Gasteiger partial charge in [-0.05, 0) is 37.6 Å². The van der Waals surface area contributed by atoms with Gasteiger partial charge < -0.3 is 15.0 Å². The van der Waals surface area contributed by atoms with E-state index in [2.05, 4.69) is 42.4 Å². The van der Waals surface area contributed by atoms with Gasteiger partial charge in [0.1, 0.15) is 5.75 Å². The first-order valence-electron chi connectivity index (χ1n) is 5.89. The first kappa shape index (κ1) is 11.3. The predicted octanol–water partition coefficient (Wildman–Crippen LogP) is 1.80. The molecule has 1 heterocycles. The highest BCUT2D eigenvalue weighted by atomic mass is 16.5. The highest BCUT2D eigenvalue weighted by Crippen LogP contribution is 2.25. The zero-order valence-electron chi connectivity index (χ0n) is 10.3. The second-order valence-electron chi connectivity index (χ2n) is 4.31. The van der Waals surface area contributed by atoms with Crippen molar-refractivity contribution >= 4 is 5.69 Å². The zero-order valence-corrected chi connectivity index (χ0v) is 10.3. The third-order valence-corrected chi connectivity index (χ3v) is 3.17. The molecule has 1 fully saturated rings. The molecule has 1 aliphatic rings. The fraction of sp³-hybridized carbons (Fsp3) is 0.538. The van der Waals surface area contributed by atoms with E-state index < -0.39 is 0 Å². The number of hydrogen-bond donors (Lipinski definition) is 1. The van der Waals surface area contributed by atoms with Crippen molar-refractivity contribution < 1.29 is 4.74 Å². The molecule has 1 aromatic rings. The van der Waals surface area contributed by atoms with Crippen molar-refractivity contribution in [1.82, 2.24) is 5.32 Å². The van der Waals surface area contributed by atoms with Crippen LogP contribution in [0.15, 0.2) is 18.2 Å². The zero-order chi connectivity index (χ0) is 11.5. The lowest BCUT2D eigenvalue weighted by atomic mass is 10.1. The molecule has 88 valence electrons. The molecule has 3 nitrogen and oxygen atoms in total. The lowest BCUT2D eigenvalue weighted by Crippen LogP contribution is -2.56. The third kappa shape index (κ3) is 2.14. The minimum absolute atomic E-state index is 0.636. The van der Waals surface area contributed by atoms with Crippen LogP contribution in [0.25, 0.3) is 0 Å². The summed E-state index contributed by atoms with van der Waals surface area (Å²) in [5.74, 6) is 0.992. The maximum atomic E-state index is 5.54. The molecule has 0 aliphatic carbocycles. The minimum atomic E-state index is 0.636. The Balaban J connectivity index is 2.13. The molecule has 0 bridgehead atoms. The van der Waals surface area contributed by atoms with Gasteiger partial charge in [0, 0.05) is 25.8 Å². The number of aryl methyl sites for hydroxylation is 1. The molecule has 1 saturated heterocycles. The van der Waals surface area contributed by atoms with Gasteiger partial charge in [-0.15, -0.1) is 0 Å². The Hall–Kier alpha value is -1.22. The number of ether oxygens (including phenoxy) is 1. The van der Waals surface area contributed by atoms with Crippen LogP contribution >= 0.6 is 0 Å². The normalized spacial score (nSPS) is 15.7. The van der Waals surface area contributed by atoms with Crippen molar-refractivity contribution in [3.05, 3.63) is 23.8 Å². The molecule has 2 rings (SSSR count). The van der Waals surface area contributed by atoms with E-state index in [1.165, 1.54) is 11.3 Å². The molecule has 1 aromatic carbocycles. The molecule has 0 saturated carbocycles. The van der Waals surface area contributed by atoms with Crippen LogP contribution in [0.4, 0.5) is 5.69 Å². The molecule has 0 amide bonds. The molecular formula is C13H20N2O. The average molecular weight is 220 g/mol. The van der Waals surface area contributed by atoms with Gasteiger partial charge in [0.15, 0.2) is 0 Å². The summed E-state index contributed by atoms with van der Waals surface area (Å²) in [6.07, 6.45) is 0. The number of nitrogens with zero attached hydrogens (tertiary/aromatic N) is 1. The molecule has 0 atom stereocenters. The third-order valence-electron chi connectivity index (χ3n) is 3.17. The maximum Gasteiger partial charge on any atom is 0.122 e. The van der Waals surface area contributed by atoms with Gasteiger partial charge in [0.2, 0.25) is 0 Å². The minimum Gasteiger partial charge on any atom is -0.494 e. The fourth-order valence-electron chi connectivity index (χ4n) is 1.93. The lowest BCUT2D eigenvalue weighted by Gasteiger charge is -2.37. The monoisotopic (exact) mass is 220 g/mol. The van der Waals surface area contributed by atoms with E-state index in [-0.39, 0.29) is 0 Å². The topological polar surface area (TPSA) is 24.5 Å². The first-order chi connectivity index (χ1) is 7.72. The van der Waals surface area contributed by atoms with E-state index in [0.29, 0.717) is 6.04 Å². The highest BCUT2D eigenvalue weighted by Gasteiger charge is 2.21. The Labute approximate surface area is 97.4 Å².